The number of pyridine rings is 1. The van der Waals surface area contributed by atoms with E-state index in [0.717, 1.165) is 55.7 Å². The number of hydrogen-bond acceptors (Lipinski definition) is 4. The lowest BCUT2D eigenvalue weighted by Gasteiger charge is -2.23. The van der Waals surface area contributed by atoms with E-state index in [1.165, 1.54) is 0 Å². The fourth-order valence-corrected chi connectivity index (χ4v) is 7.50. The van der Waals surface area contributed by atoms with Crippen LogP contribution in [0.1, 0.15) is 77.0 Å². The molecule has 0 spiro atoms. The normalized spacial score (nSPS) is 12.1. The first-order valence-electron chi connectivity index (χ1n) is 18.6. The molecule has 0 aliphatic heterocycles. The molecule has 6 heteroatoms. The summed E-state index contributed by atoms with van der Waals surface area (Å²) in [5.41, 5.74) is 11.6. The molecular weight excluding hydrogens is 670 g/mol. The van der Waals surface area contributed by atoms with Gasteiger partial charge in [-0.05, 0) is 93.1 Å². The standard InChI is InChI=1S/C48H44FN3O2/c1-28(2)37-14-11-15-38(29(3)4)44(37)52-42-27-36(49)26-40(43(42)51-47(52)39-17-16-31-19-21-54-46(31)45(39)53)33-22-34(24-35(23-33)48(5,6)7)41-25-32(18-20-50-41)30-12-9-8-10-13-30/h8-29,53H,1-7H3. The Hall–Kier alpha value is -6.01. The molecule has 5 aromatic carbocycles. The van der Waals surface area contributed by atoms with Crippen molar-refractivity contribution in [3.63, 3.8) is 0 Å². The number of furan rings is 1. The summed E-state index contributed by atoms with van der Waals surface area (Å²) in [6.45, 7) is 15.2. The lowest BCUT2D eigenvalue weighted by Crippen LogP contribution is -2.11. The summed E-state index contributed by atoms with van der Waals surface area (Å²) in [4.78, 5) is 10.2. The van der Waals surface area contributed by atoms with E-state index >= 15 is 4.39 Å². The highest BCUT2D eigenvalue weighted by molar-refractivity contribution is 5.99. The zero-order valence-corrected chi connectivity index (χ0v) is 31.8. The highest BCUT2D eigenvalue weighted by atomic mass is 19.1. The number of nitrogens with zero attached hydrogens (tertiary/aromatic N) is 3. The van der Waals surface area contributed by atoms with Gasteiger partial charge in [-0.1, -0.05) is 109 Å². The first kappa shape index (κ1) is 35.0. The van der Waals surface area contributed by atoms with Crippen molar-refractivity contribution in [1.29, 1.82) is 0 Å². The molecule has 8 aromatic rings. The van der Waals surface area contributed by atoms with Gasteiger partial charge >= 0.3 is 0 Å². The van der Waals surface area contributed by atoms with Gasteiger partial charge in [0.05, 0.1) is 34.2 Å². The molecule has 5 nitrogen and oxygen atoms in total. The van der Waals surface area contributed by atoms with Gasteiger partial charge in [-0.25, -0.2) is 9.37 Å². The van der Waals surface area contributed by atoms with Crippen LogP contribution < -0.4 is 0 Å². The molecule has 0 unspecified atom stereocenters. The molecule has 0 radical (unpaired) electrons. The number of benzene rings is 5. The number of aromatic nitrogens is 3. The minimum absolute atomic E-state index is 0.00871. The third-order valence-corrected chi connectivity index (χ3v) is 10.4. The van der Waals surface area contributed by atoms with E-state index in [2.05, 4.69) is 108 Å². The number of fused-ring (bicyclic) bond motifs is 2. The topological polar surface area (TPSA) is 64.1 Å². The van der Waals surface area contributed by atoms with Crippen LogP contribution in [0.25, 0.3) is 72.6 Å². The number of imidazole rings is 1. The van der Waals surface area contributed by atoms with Crippen LogP contribution in [-0.2, 0) is 5.41 Å². The summed E-state index contributed by atoms with van der Waals surface area (Å²) < 4.78 is 24.1. The maximum atomic E-state index is 16.3. The number of halogens is 1. The van der Waals surface area contributed by atoms with Crippen molar-refractivity contribution in [2.75, 3.05) is 0 Å². The Balaban J connectivity index is 1.45. The predicted octanol–water partition coefficient (Wildman–Crippen LogP) is 13.2. The second-order valence-corrected chi connectivity index (χ2v) is 15.8. The molecule has 1 N–H and O–H groups in total. The predicted molar refractivity (Wildman–Crippen MR) is 219 cm³/mol. The maximum absolute atomic E-state index is 16.3. The molecule has 54 heavy (non-hydrogen) atoms. The molecule has 8 rings (SSSR count). The fraction of sp³-hybridized carbons (Fsp3) is 0.208. The van der Waals surface area contributed by atoms with E-state index in [-0.39, 0.29) is 28.8 Å². The minimum atomic E-state index is -0.379. The third-order valence-electron chi connectivity index (χ3n) is 10.4. The molecular formula is C48H44FN3O2. The van der Waals surface area contributed by atoms with Gasteiger partial charge in [-0.2, -0.15) is 0 Å². The Morgan fingerprint density at radius 3 is 2.13 bits per heavy atom. The van der Waals surface area contributed by atoms with E-state index in [0.29, 0.717) is 33.6 Å². The molecule has 270 valence electrons. The van der Waals surface area contributed by atoms with Crippen LogP contribution in [0.5, 0.6) is 5.75 Å². The smallest absolute Gasteiger partial charge is 0.176 e. The number of hydrogen-bond donors (Lipinski definition) is 1. The van der Waals surface area contributed by atoms with E-state index in [4.69, 9.17) is 14.4 Å². The van der Waals surface area contributed by atoms with Crippen LogP contribution in [0.15, 0.2) is 126 Å². The van der Waals surface area contributed by atoms with E-state index in [1.807, 2.05) is 48.7 Å². The zero-order chi connectivity index (χ0) is 37.9. The number of phenols is 1. The first-order valence-corrected chi connectivity index (χ1v) is 18.6. The van der Waals surface area contributed by atoms with Crippen molar-refractivity contribution in [2.24, 2.45) is 0 Å². The minimum Gasteiger partial charge on any atom is -0.504 e. The van der Waals surface area contributed by atoms with Gasteiger partial charge in [-0.15, -0.1) is 0 Å². The molecule has 0 aliphatic carbocycles. The van der Waals surface area contributed by atoms with Gasteiger partial charge in [-0.3, -0.25) is 9.55 Å². The Kier molecular flexibility index (Phi) is 8.72. The zero-order valence-electron chi connectivity index (χ0n) is 31.8. The average Bonchev–Trinajstić information content (AvgIpc) is 3.80. The molecule has 3 heterocycles. The van der Waals surface area contributed by atoms with E-state index in [9.17, 15) is 5.11 Å². The van der Waals surface area contributed by atoms with Gasteiger partial charge in [0.2, 0.25) is 0 Å². The molecule has 0 fully saturated rings. The summed E-state index contributed by atoms with van der Waals surface area (Å²) in [5.74, 6) is 0.431. The van der Waals surface area contributed by atoms with Crippen molar-refractivity contribution in [1.82, 2.24) is 14.5 Å². The number of rotatable bonds is 7. The van der Waals surface area contributed by atoms with Crippen molar-refractivity contribution >= 4 is 22.0 Å². The lowest BCUT2D eigenvalue weighted by molar-refractivity contribution is 0.466. The third kappa shape index (κ3) is 6.15. The number of aromatic hydroxyl groups is 1. The lowest BCUT2D eigenvalue weighted by atomic mass is 9.83. The van der Waals surface area contributed by atoms with Crippen LogP contribution in [0.3, 0.4) is 0 Å². The van der Waals surface area contributed by atoms with E-state index < -0.39 is 0 Å². The summed E-state index contributed by atoms with van der Waals surface area (Å²) in [5, 5.41) is 12.5. The van der Waals surface area contributed by atoms with Gasteiger partial charge in [0.25, 0.3) is 0 Å². The monoisotopic (exact) mass is 713 g/mol. The number of para-hydroxylation sites is 1. The summed E-state index contributed by atoms with van der Waals surface area (Å²) in [6.07, 6.45) is 3.41. The van der Waals surface area contributed by atoms with Crippen molar-refractivity contribution in [3.8, 4) is 56.3 Å². The van der Waals surface area contributed by atoms with Crippen LogP contribution in [0.4, 0.5) is 4.39 Å². The van der Waals surface area contributed by atoms with Crippen LogP contribution in [0.2, 0.25) is 0 Å². The quantitative estimate of drug-likeness (QED) is 0.179. The molecule has 0 saturated carbocycles. The Bertz CT molecular complexity index is 2650. The number of phenolic OH excluding ortho intramolecular Hbond substituents is 1. The first-order chi connectivity index (χ1) is 25.9. The Morgan fingerprint density at radius 1 is 0.704 bits per heavy atom. The largest absolute Gasteiger partial charge is 0.504 e. The molecule has 3 aromatic heterocycles. The van der Waals surface area contributed by atoms with Crippen LogP contribution in [-0.4, -0.2) is 19.6 Å². The highest BCUT2D eigenvalue weighted by Crippen LogP contribution is 2.44. The summed E-state index contributed by atoms with van der Waals surface area (Å²) in [7, 11) is 0. The summed E-state index contributed by atoms with van der Waals surface area (Å²) >= 11 is 0. The van der Waals surface area contributed by atoms with Crippen molar-refractivity contribution in [3.05, 3.63) is 144 Å². The van der Waals surface area contributed by atoms with Gasteiger partial charge in [0.15, 0.2) is 11.3 Å². The molecule has 0 bridgehead atoms. The molecule has 0 saturated heterocycles. The van der Waals surface area contributed by atoms with Gasteiger partial charge in [0.1, 0.15) is 11.6 Å². The highest BCUT2D eigenvalue weighted by Gasteiger charge is 2.27. The second kappa shape index (κ2) is 13.4. The Morgan fingerprint density at radius 2 is 1.43 bits per heavy atom. The molecule has 0 atom stereocenters. The van der Waals surface area contributed by atoms with Crippen LogP contribution in [0, 0.1) is 5.82 Å². The maximum Gasteiger partial charge on any atom is 0.176 e. The van der Waals surface area contributed by atoms with Crippen molar-refractivity contribution in [2.45, 2.75) is 65.7 Å². The van der Waals surface area contributed by atoms with E-state index in [1.54, 1.807) is 18.4 Å². The molecule has 0 aliphatic rings. The fourth-order valence-electron chi connectivity index (χ4n) is 7.50. The molecule has 0 amide bonds. The van der Waals surface area contributed by atoms with Crippen LogP contribution >= 0.6 is 0 Å². The van der Waals surface area contributed by atoms with Gasteiger partial charge in [0, 0.05) is 28.8 Å². The second-order valence-electron chi connectivity index (χ2n) is 15.8. The van der Waals surface area contributed by atoms with Gasteiger partial charge < -0.3 is 9.52 Å². The SMILES string of the molecule is CC(C)c1cccc(C(C)C)c1-n1c(-c2ccc3ccoc3c2O)nc2c(-c3cc(-c4cc(-c5ccccc5)ccn4)cc(C(C)(C)C)c3)cc(F)cc21. The Labute approximate surface area is 315 Å². The summed E-state index contributed by atoms with van der Waals surface area (Å²) in [6, 6.07) is 35.9. The average molecular weight is 714 g/mol. The van der Waals surface area contributed by atoms with Crippen molar-refractivity contribution < 1.29 is 13.9 Å².